The summed E-state index contributed by atoms with van der Waals surface area (Å²) in [7, 11) is 0. The van der Waals surface area contributed by atoms with Crippen LogP contribution in [0, 0.1) is 0 Å². The van der Waals surface area contributed by atoms with Crippen LogP contribution in [0.3, 0.4) is 0 Å². The maximum Gasteiger partial charge on any atom is 0.140 e. The number of nitrogens with zero attached hydrogens (tertiary/aromatic N) is 2. The molecule has 0 aliphatic heterocycles. The fraction of sp³-hybridized carbons (Fsp3) is 0.273. The molecule has 1 aromatic carbocycles. The molecular formula is C11H13BrClN2-. The van der Waals surface area contributed by atoms with Crippen molar-refractivity contribution in [1.82, 2.24) is 9.97 Å². The first-order valence-corrected chi connectivity index (χ1v) is 5.02. The van der Waals surface area contributed by atoms with E-state index in [4.69, 9.17) is 11.6 Å². The minimum atomic E-state index is 0. The zero-order valence-electron chi connectivity index (χ0n) is 8.74. The fourth-order valence-corrected chi connectivity index (χ4v) is 1.18. The zero-order chi connectivity index (χ0) is 10.4. The van der Waals surface area contributed by atoms with Crippen molar-refractivity contribution in [2.45, 2.75) is 20.3 Å². The van der Waals surface area contributed by atoms with Crippen molar-refractivity contribution >= 4 is 22.5 Å². The standard InChI is InChI=1S/C8H5ClN2.C3H8.BrH/c9-8-6-3-1-2-4-7(6)10-5-11-8;1-3-2;/h1-5H;3H2,1-2H3;1H/p-1. The van der Waals surface area contributed by atoms with Crippen molar-refractivity contribution in [2.24, 2.45) is 0 Å². The van der Waals surface area contributed by atoms with Crippen LogP contribution < -0.4 is 17.0 Å². The molecule has 0 bridgehead atoms. The molecule has 0 amide bonds. The second kappa shape index (κ2) is 7.60. The summed E-state index contributed by atoms with van der Waals surface area (Å²) in [5, 5.41) is 1.41. The number of aromatic nitrogens is 2. The number of hydrogen-bond acceptors (Lipinski definition) is 2. The van der Waals surface area contributed by atoms with Crippen molar-refractivity contribution in [3.8, 4) is 0 Å². The number of benzene rings is 1. The van der Waals surface area contributed by atoms with Gasteiger partial charge in [-0.3, -0.25) is 0 Å². The molecule has 2 aromatic rings. The van der Waals surface area contributed by atoms with Crippen molar-refractivity contribution in [3.05, 3.63) is 35.7 Å². The number of rotatable bonds is 0. The Morgan fingerprint density at radius 2 is 1.73 bits per heavy atom. The second-order valence-electron chi connectivity index (χ2n) is 2.89. The molecule has 82 valence electrons. The highest BCUT2D eigenvalue weighted by Crippen LogP contribution is 2.17. The van der Waals surface area contributed by atoms with Crippen molar-refractivity contribution in [2.75, 3.05) is 0 Å². The SMILES string of the molecule is CCC.Clc1ncnc2ccccc12.[Br-]. The third-order valence-corrected chi connectivity index (χ3v) is 1.80. The van der Waals surface area contributed by atoms with Gasteiger partial charge in [0.2, 0.25) is 0 Å². The van der Waals surface area contributed by atoms with Gasteiger partial charge in [0.25, 0.3) is 0 Å². The molecule has 2 nitrogen and oxygen atoms in total. The molecule has 2 rings (SSSR count). The van der Waals surface area contributed by atoms with Crippen LogP contribution in [0.25, 0.3) is 10.9 Å². The van der Waals surface area contributed by atoms with Gasteiger partial charge in [0.05, 0.1) is 5.52 Å². The zero-order valence-corrected chi connectivity index (χ0v) is 11.1. The van der Waals surface area contributed by atoms with E-state index in [0.717, 1.165) is 10.9 Å². The molecule has 0 unspecified atom stereocenters. The molecular weight excluding hydrogens is 275 g/mol. The van der Waals surface area contributed by atoms with Crippen LogP contribution in [0.5, 0.6) is 0 Å². The van der Waals surface area contributed by atoms with Crippen LogP contribution in [-0.4, -0.2) is 9.97 Å². The summed E-state index contributed by atoms with van der Waals surface area (Å²) in [6.45, 7) is 4.25. The van der Waals surface area contributed by atoms with Crippen molar-refractivity contribution in [3.63, 3.8) is 0 Å². The lowest BCUT2D eigenvalue weighted by Gasteiger charge is -1.95. The van der Waals surface area contributed by atoms with E-state index in [2.05, 4.69) is 23.8 Å². The first-order valence-electron chi connectivity index (χ1n) is 4.64. The molecule has 0 saturated heterocycles. The van der Waals surface area contributed by atoms with Gasteiger partial charge in [0, 0.05) is 5.39 Å². The Morgan fingerprint density at radius 3 is 2.33 bits per heavy atom. The van der Waals surface area contributed by atoms with Gasteiger partial charge in [-0.05, 0) is 12.1 Å². The normalized spacial score (nSPS) is 8.73. The maximum absolute atomic E-state index is 5.81. The number of hydrogen-bond donors (Lipinski definition) is 0. The van der Waals surface area contributed by atoms with Gasteiger partial charge in [0.1, 0.15) is 11.5 Å². The lowest BCUT2D eigenvalue weighted by molar-refractivity contribution is -0.00000302. The quantitative estimate of drug-likeness (QED) is 0.667. The monoisotopic (exact) mass is 287 g/mol. The third kappa shape index (κ3) is 4.14. The van der Waals surface area contributed by atoms with Crippen LogP contribution in [0.2, 0.25) is 5.15 Å². The van der Waals surface area contributed by atoms with E-state index in [-0.39, 0.29) is 17.0 Å². The van der Waals surface area contributed by atoms with Crippen LogP contribution in [0.4, 0.5) is 0 Å². The summed E-state index contributed by atoms with van der Waals surface area (Å²) < 4.78 is 0. The summed E-state index contributed by atoms with van der Waals surface area (Å²) in [4.78, 5) is 7.91. The Hall–Kier alpha value is -0.670. The van der Waals surface area contributed by atoms with Gasteiger partial charge >= 0.3 is 0 Å². The van der Waals surface area contributed by atoms with E-state index in [0.29, 0.717) is 5.15 Å². The van der Waals surface area contributed by atoms with Gasteiger partial charge in [-0.15, -0.1) is 0 Å². The topological polar surface area (TPSA) is 25.8 Å². The van der Waals surface area contributed by atoms with Gasteiger partial charge < -0.3 is 17.0 Å². The van der Waals surface area contributed by atoms with Gasteiger partial charge in [0.15, 0.2) is 0 Å². The first-order chi connectivity index (χ1) is 6.79. The average molecular weight is 289 g/mol. The Kier molecular flexibility index (Phi) is 7.26. The highest BCUT2D eigenvalue weighted by Gasteiger charge is 1.96. The fourth-order valence-electron chi connectivity index (χ4n) is 0.972. The molecule has 0 atom stereocenters. The summed E-state index contributed by atoms with van der Waals surface area (Å²) in [6.07, 6.45) is 2.71. The second-order valence-corrected chi connectivity index (χ2v) is 3.25. The Balaban J connectivity index is 0.000000443. The summed E-state index contributed by atoms with van der Waals surface area (Å²) in [6, 6.07) is 7.64. The molecule has 0 spiro atoms. The lowest BCUT2D eigenvalue weighted by atomic mass is 10.2. The predicted molar refractivity (Wildman–Crippen MR) is 60.5 cm³/mol. The smallest absolute Gasteiger partial charge is 0.140 e. The molecule has 4 heteroatoms. The minimum absolute atomic E-state index is 0. The average Bonchev–Trinajstić information content (AvgIpc) is 2.20. The maximum atomic E-state index is 5.81. The number of halogens is 2. The Labute approximate surface area is 105 Å². The molecule has 0 aliphatic carbocycles. The molecule has 1 aromatic heterocycles. The van der Waals surface area contributed by atoms with E-state index in [1.54, 1.807) is 0 Å². The summed E-state index contributed by atoms with van der Waals surface area (Å²) >= 11 is 5.81. The van der Waals surface area contributed by atoms with Crippen LogP contribution in [-0.2, 0) is 0 Å². The lowest BCUT2D eigenvalue weighted by Crippen LogP contribution is -3.00. The Bertz CT molecular complexity index is 401. The molecule has 0 fully saturated rings. The van der Waals surface area contributed by atoms with Crippen LogP contribution >= 0.6 is 11.6 Å². The predicted octanol–water partition coefficient (Wildman–Crippen LogP) is 0.703. The van der Waals surface area contributed by atoms with E-state index >= 15 is 0 Å². The third-order valence-electron chi connectivity index (χ3n) is 1.49. The minimum Gasteiger partial charge on any atom is -1.00 e. The summed E-state index contributed by atoms with van der Waals surface area (Å²) in [5.41, 5.74) is 0.882. The van der Waals surface area contributed by atoms with E-state index in [1.165, 1.54) is 12.7 Å². The molecule has 0 N–H and O–H groups in total. The molecule has 15 heavy (non-hydrogen) atoms. The van der Waals surface area contributed by atoms with E-state index in [9.17, 15) is 0 Å². The summed E-state index contributed by atoms with van der Waals surface area (Å²) in [5.74, 6) is 0. The highest BCUT2D eigenvalue weighted by molar-refractivity contribution is 6.33. The van der Waals surface area contributed by atoms with Crippen molar-refractivity contribution < 1.29 is 17.0 Å². The van der Waals surface area contributed by atoms with E-state index in [1.807, 2.05) is 24.3 Å². The van der Waals surface area contributed by atoms with Crippen LogP contribution in [0.1, 0.15) is 20.3 Å². The number of para-hydroxylation sites is 1. The largest absolute Gasteiger partial charge is 1.00 e. The molecule has 0 aliphatic rings. The van der Waals surface area contributed by atoms with Gasteiger partial charge in [-0.2, -0.15) is 0 Å². The first kappa shape index (κ1) is 14.3. The van der Waals surface area contributed by atoms with Crippen molar-refractivity contribution in [1.29, 1.82) is 0 Å². The highest BCUT2D eigenvalue weighted by atomic mass is 79.9. The van der Waals surface area contributed by atoms with Gasteiger partial charge in [-0.25, -0.2) is 9.97 Å². The molecule has 0 saturated carbocycles. The molecule has 1 heterocycles. The number of fused-ring (bicyclic) bond motifs is 1. The van der Waals surface area contributed by atoms with Crippen LogP contribution in [0.15, 0.2) is 30.6 Å². The van der Waals surface area contributed by atoms with Gasteiger partial charge in [-0.1, -0.05) is 44.0 Å². The molecule has 0 radical (unpaired) electrons. The Morgan fingerprint density at radius 1 is 1.13 bits per heavy atom. The van der Waals surface area contributed by atoms with E-state index < -0.39 is 0 Å².